The van der Waals surface area contributed by atoms with Crippen molar-refractivity contribution in [3.05, 3.63) is 213 Å². The summed E-state index contributed by atoms with van der Waals surface area (Å²) in [6.45, 7) is 4.29. The van der Waals surface area contributed by atoms with Crippen molar-refractivity contribution in [2.75, 3.05) is 6.61 Å². The lowest BCUT2D eigenvalue weighted by molar-refractivity contribution is -0.145. The molecule has 13 heteroatoms. The minimum atomic E-state index is -0.943. The van der Waals surface area contributed by atoms with Crippen LogP contribution in [0.3, 0.4) is 0 Å². The van der Waals surface area contributed by atoms with E-state index >= 15 is 0 Å². The third-order valence-electron chi connectivity index (χ3n) is 11.9. The summed E-state index contributed by atoms with van der Waals surface area (Å²) in [5.41, 5.74) is 6.08. The van der Waals surface area contributed by atoms with Gasteiger partial charge < -0.3 is 19.0 Å². The van der Waals surface area contributed by atoms with Crippen LogP contribution < -0.4 is 5.32 Å². The quantitative estimate of drug-likeness (QED) is 0.0705. The Kier molecular flexibility index (Phi) is 13.5. The lowest BCUT2D eigenvalue weighted by Crippen LogP contribution is -2.44. The van der Waals surface area contributed by atoms with Gasteiger partial charge in [-0.25, -0.2) is 9.78 Å². The van der Waals surface area contributed by atoms with Crippen molar-refractivity contribution < 1.29 is 18.7 Å². The van der Waals surface area contributed by atoms with E-state index in [2.05, 4.69) is 69.6 Å². The average Bonchev–Trinajstić information content (AvgIpc) is 4.07. The summed E-state index contributed by atoms with van der Waals surface area (Å²) < 4.78 is 14.6. The number of hydrogen-bond acceptors (Lipinski definition) is 8. The first kappa shape index (κ1) is 45.0. The molecule has 0 radical (unpaired) electrons. The van der Waals surface area contributed by atoms with Crippen LogP contribution in [0.15, 0.2) is 173 Å². The molecule has 6 aromatic carbocycles. The summed E-state index contributed by atoms with van der Waals surface area (Å²) in [7, 11) is 0. The number of esters is 1. The normalized spacial score (nSPS) is 12.0. The van der Waals surface area contributed by atoms with Crippen LogP contribution in [0.4, 0.5) is 0 Å². The van der Waals surface area contributed by atoms with Gasteiger partial charge in [-0.05, 0) is 74.4 Å². The number of aryl methyl sites for hydroxylation is 1. The number of carbonyl (C=O) groups excluding carboxylic acids is 2. The first-order valence-electron chi connectivity index (χ1n) is 22.3. The summed E-state index contributed by atoms with van der Waals surface area (Å²) >= 11 is 10.7. The molecule has 9 aromatic rings. The Morgan fingerprint density at radius 1 is 0.776 bits per heavy atom. The molecule has 0 spiro atoms. The van der Waals surface area contributed by atoms with Crippen LogP contribution in [0.25, 0.3) is 33.7 Å². The van der Waals surface area contributed by atoms with Crippen LogP contribution in [0.2, 0.25) is 5.15 Å². The highest BCUT2D eigenvalue weighted by molar-refractivity contribution is 9.10. The standard InChI is InChI=1S/C54H47BrClN7O4/c1-3-5-30-46-58-50(56)48(52(64)57-44(53(65)66-4-2)34-36-20-10-6-11-21-36)62(46)35-37-31-32-45-43(33-37)47(55)49(67-45)41-28-18-19-29-42(41)51-59-61-63(60-51)54(38-22-12-7-13-23-38,39-24-14-8-15-25-39)40-26-16-9-17-27-40/h6-29,31-33,44H,3-5,30,34-35H2,1-2H3,(H,57,64)/t44-/m0/s1. The van der Waals surface area contributed by atoms with Gasteiger partial charge in [0.1, 0.15) is 28.9 Å². The van der Waals surface area contributed by atoms with Crippen LogP contribution >= 0.6 is 27.5 Å². The third kappa shape index (κ3) is 9.07. The summed E-state index contributed by atoms with van der Waals surface area (Å²) in [6.07, 6.45) is 2.62. The minimum Gasteiger partial charge on any atom is -0.464 e. The van der Waals surface area contributed by atoms with E-state index < -0.39 is 23.5 Å². The van der Waals surface area contributed by atoms with Gasteiger partial charge in [0.15, 0.2) is 10.7 Å². The highest BCUT2D eigenvalue weighted by atomic mass is 79.9. The number of amides is 1. The van der Waals surface area contributed by atoms with E-state index in [4.69, 9.17) is 36.2 Å². The smallest absolute Gasteiger partial charge is 0.328 e. The number of benzene rings is 6. The summed E-state index contributed by atoms with van der Waals surface area (Å²) in [5, 5.41) is 18.5. The number of rotatable bonds is 17. The molecule has 336 valence electrons. The lowest BCUT2D eigenvalue weighted by Gasteiger charge is -2.34. The van der Waals surface area contributed by atoms with Gasteiger partial charge in [0.05, 0.1) is 11.1 Å². The molecule has 0 saturated carbocycles. The summed E-state index contributed by atoms with van der Waals surface area (Å²) in [6, 6.07) is 53.0. The molecule has 0 aliphatic heterocycles. The molecule has 3 aromatic heterocycles. The van der Waals surface area contributed by atoms with Gasteiger partial charge in [0, 0.05) is 35.9 Å². The molecule has 1 N–H and O–H groups in total. The van der Waals surface area contributed by atoms with Gasteiger partial charge >= 0.3 is 5.97 Å². The third-order valence-corrected chi connectivity index (χ3v) is 12.9. The Morgan fingerprint density at radius 3 is 1.99 bits per heavy atom. The number of fused-ring (bicyclic) bond motifs is 1. The number of ether oxygens (including phenoxy) is 1. The Hall–Kier alpha value is -7.15. The molecule has 0 bridgehead atoms. The molecule has 1 amide bonds. The molecule has 0 fully saturated rings. The first-order valence-corrected chi connectivity index (χ1v) is 23.5. The van der Waals surface area contributed by atoms with Crippen molar-refractivity contribution in [3.8, 4) is 22.7 Å². The SMILES string of the molecule is CCCCc1nc(Cl)c(C(=O)N[C@@H](Cc2ccccc2)C(=O)OCC)n1Cc1ccc2oc(-c3ccccc3-c3nnn(C(c4ccccc4)(c4ccccc4)c4ccccc4)n3)c(Br)c2c1. The van der Waals surface area contributed by atoms with Crippen LogP contribution in [-0.4, -0.2) is 54.3 Å². The molecule has 3 heterocycles. The zero-order valence-electron chi connectivity index (χ0n) is 37.0. The van der Waals surface area contributed by atoms with Gasteiger partial charge in [-0.15, -0.1) is 15.0 Å². The van der Waals surface area contributed by atoms with E-state index in [0.29, 0.717) is 29.4 Å². The number of furan rings is 1. The summed E-state index contributed by atoms with van der Waals surface area (Å²) in [4.78, 5) is 33.8. The van der Waals surface area contributed by atoms with Crippen LogP contribution in [0.1, 0.15) is 70.8 Å². The predicted octanol–water partition coefficient (Wildman–Crippen LogP) is 11.5. The average molecular weight is 973 g/mol. The second kappa shape index (κ2) is 20.2. The fourth-order valence-corrected chi connectivity index (χ4v) is 9.58. The zero-order valence-corrected chi connectivity index (χ0v) is 39.3. The van der Waals surface area contributed by atoms with Gasteiger partial charge in [0.2, 0.25) is 5.82 Å². The molecule has 9 rings (SSSR count). The van der Waals surface area contributed by atoms with Crippen LogP contribution in [0, 0.1) is 0 Å². The van der Waals surface area contributed by atoms with Gasteiger partial charge in [0.25, 0.3) is 5.91 Å². The maximum atomic E-state index is 14.2. The lowest BCUT2D eigenvalue weighted by atomic mass is 9.77. The first-order chi connectivity index (χ1) is 32.8. The van der Waals surface area contributed by atoms with E-state index in [-0.39, 0.29) is 30.4 Å². The number of tetrazole rings is 1. The van der Waals surface area contributed by atoms with Crippen molar-refractivity contribution >= 4 is 50.4 Å². The number of hydrogen-bond donors (Lipinski definition) is 1. The molecule has 0 aliphatic rings. The number of aromatic nitrogens is 6. The Morgan fingerprint density at radius 2 is 1.37 bits per heavy atom. The van der Waals surface area contributed by atoms with Gasteiger partial charge in [-0.1, -0.05) is 177 Å². The monoisotopic (exact) mass is 971 g/mol. The van der Waals surface area contributed by atoms with Crippen molar-refractivity contribution in [1.29, 1.82) is 0 Å². The van der Waals surface area contributed by atoms with E-state index in [9.17, 15) is 9.59 Å². The zero-order chi connectivity index (χ0) is 46.3. The minimum absolute atomic E-state index is 0.0643. The predicted molar refractivity (Wildman–Crippen MR) is 264 cm³/mol. The van der Waals surface area contributed by atoms with Crippen LogP contribution in [-0.2, 0) is 34.5 Å². The Labute approximate surface area is 401 Å². The highest BCUT2D eigenvalue weighted by Gasteiger charge is 2.41. The fraction of sp³-hybridized carbons (Fsp3) is 0.185. The number of carbonyl (C=O) groups is 2. The molecule has 1 atom stereocenters. The Bertz CT molecular complexity index is 3040. The van der Waals surface area contributed by atoms with E-state index in [0.717, 1.165) is 61.6 Å². The largest absolute Gasteiger partial charge is 0.464 e. The van der Waals surface area contributed by atoms with Crippen LogP contribution in [0.5, 0.6) is 0 Å². The van der Waals surface area contributed by atoms with Gasteiger partial charge in [-0.2, -0.15) is 0 Å². The summed E-state index contributed by atoms with van der Waals surface area (Å²) in [5.74, 6) is 0.646. The highest BCUT2D eigenvalue weighted by Crippen LogP contribution is 2.43. The molecule has 0 saturated heterocycles. The van der Waals surface area contributed by atoms with Crippen molar-refractivity contribution in [2.45, 2.75) is 57.7 Å². The number of imidazole rings is 1. The van der Waals surface area contributed by atoms with Crippen molar-refractivity contribution in [2.24, 2.45) is 0 Å². The fourth-order valence-electron chi connectivity index (χ4n) is 8.69. The van der Waals surface area contributed by atoms with E-state index in [1.165, 1.54) is 0 Å². The molecular formula is C54H47BrClN7O4. The second-order valence-corrected chi connectivity index (χ2v) is 17.3. The molecule has 11 nitrogen and oxygen atoms in total. The van der Waals surface area contributed by atoms with E-state index in [1.54, 1.807) is 11.7 Å². The maximum absolute atomic E-state index is 14.2. The molecule has 0 aliphatic carbocycles. The number of nitrogens with zero attached hydrogens (tertiary/aromatic N) is 6. The number of nitrogens with one attached hydrogen (secondary N) is 1. The number of unbranched alkanes of at least 4 members (excludes halogenated alkanes) is 1. The Balaban J connectivity index is 1.07. The molecular weight excluding hydrogens is 926 g/mol. The second-order valence-electron chi connectivity index (χ2n) is 16.2. The van der Waals surface area contributed by atoms with Gasteiger partial charge in [-0.3, -0.25) is 4.79 Å². The van der Waals surface area contributed by atoms with Crippen molar-refractivity contribution in [3.63, 3.8) is 0 Å². The number of halogens is 2. The topological polar surface area (TPSA) is 130 Å². The molecule has 0 unspecified atom stereocenters. The maximum Gasteiger partial charge on any atom is 0.328 e. The van der Waals surface area contributed by atoms with E-state index in [1.807, 2.05) is 132 Å². The molecule has 67 heavy (non-hydrogen) atoms. The van der Waals surface area contributed by atoms with Crippen molar-refractivity contribution in [1.82, 2.24) is 35.1 Å².